The summed E-state index contributed by atoms with van der Waals surface area (Å²) in [6.45, 7) is 3.73. The first-order valence-electron chi connectivity index (χ1n) is 5.73. The van der Waals surface area contributed by atoms with Gasteiger partial charge in [-0.05, 0) is 19.9 Å². The molecule has 0 aliphatic rings. The molecule has 2 N–H and O–H groups in total. The number of anilines is 1. The number of thiazole rings is 1. The maximum absolute atomic E-state index is 13.1. The normalized spacial score (nSPS) is 10.6. The van der Waals surface area contributed by atoms with E-state index in [0.29, 0.717) is 5.01 Å². The maximum atomic E-state index is 13.1. The van der Waals surface area contributed by atoms with Crippen LogP contribution >= 0.6 is 11.3 Å². The summed E-state index contributed by atoms with van der Waals surface area (Å²) in [7, 11) is 0. The van der Waals surface area contributed by atoms with Crippen LogP contribution in [0.2, 0.25) is 0 Å². The molecule has 0 radical (unpaired) electrons. The summed E-state index contributed by atoms with van der Waals surface area (Å²) in [5.41, 5.74) is 5.97. The van der Waals surface area contributed by atoms with Crippen molar-refractivity contribution in [2.45, 2.75) is 20.5 Å². The van der Waals surface area contributed by atoms with Crippen molar-refractivity contribution in [1.82, 2.24) is 4.98 Å². The Bertz CT molecular complexity index is 651. The smallest absolute Gasteiger partial charge is 0.340 e. The molecule has 1 aromatic carbocycles. The fourth-order valence-corrected chi connectivity index (χ4v) is 2.39. The lowest BCUT2D eigenvalue weighted by Gasteiger charge is -2.06. The van der Waals surface area contributed by atoms with Gasteiger partial charge in [0.25, 0.3) is 0 Å². The molecule has 0 saturated carbocycles. The number of rotatable bonds is 3. The van der Waals surface area contributed by atoms with Crippen LogP contribution in [-0.4, -0.2) is 11.0 Å². The van der Waals surface area contributed by atoms with Crippen LogP contribution in [0, 0.1) is 25.5 Å². The van der Waals surface area contributed by atoms with Gasteiger partial charge in [0.05, 0.1) is 11.3 Å². The first kappa shape index (κ1) is 14.4. The highest BCUT2D eigenvalue weighted by atomic mass is 32.1. The van der Waals surface area contributed by atoms with Gasteiger partial charge in [-0.2, -0.15) is 0 Å². The Balaban J connectivity index is 2.11. The van der Waals surface area contributed by atoms with Crippen LogP contribution in [0.25, 0.3) is 0 Å². The Morgan fingerprint density at radius 1 is 1.35 bits per heavy atom. The molecule has 1 heterocycles. The summed E-state index contributed by atoms with van der Waals surface area (Å²) >= 11 is 1.41. The zero-order chi connectivity index (χ0) is 14.9. The van der Waals surface area contributed by atoms with E-state index >= 15 is 0 Å². The summed E-state index contributed by atoms with van der Waals surface area (Å²) in [6, 6.07) is 1.48. The van der Waals surface area contributed by atoms with Crippen LogP contribution in [0.3, 0.4) is 0 Å². The van der Waals surface area contributed by atoms with E-state index in [-0.39, 0.29) is 17.9 Å². The summed E-state index contributed by atoms with van der Waals surface area (Å²) in [5.74, 6) is -3.07. The SMILES string of the molecule is Cc1nc(COC(=O)c2cc(F)c(F)cc2N)sc1C. The molecule has 2 rings (SSSR count). The largest absolute Gasteiger partial charge is 0.455 e. The number of carbonyl (C=O) groups is 1. The number of hydrogen-bond acceptors (Lipinski definition) is 5. The Kier molecular flexibility index (Phi) is 3.99. The number of hydrogen-bond donors (Lipinski definition) is 1. The molecule has 4 nitrogen and oxygen atoms in total. The molecule has 0 unspecified atom stereocenters. The van der Waals surface area contributed by atoms with Gasteiger partial charge in [0.15, 0.2) is 11.6 Å². The van der Waals surface area contributed by atoms with Gasteiger partial charge < -0.3 is 10.5 Å². The zero-order valence-corrected chi connectivity index (χ0v) is 11.7. The van der Waals surface area contributed by atoms with Gasteiger partial charge in [0.1, 0.15) is 11.6 Å². The summed E-state index contributed by atoms with van der Waals surface area (Å²) in [5, 5.41) is 0.634. The van der Waals surface area contributed by atoms with Gasteiger partial charge in [-0.1, -0.05) is 0 Å². The van der Waals surface area contributed by atoms with E-state index in [1.807, 2.05) is 13.8 Å². The summed E-state index contributed by atoms with van der Waals surface area (Å²) < 4.78 is 31.0. The third-order valence-electron chi connectivity index (χ3n) is 2.71. The minimum Gasteiger partial charge on any atom is -0.455 e. The number of ether oxygens (including phenoxy) is 1. The molecule has 0 fully saturated rings. The highest BCUT2D eigenvalue weighted by Gasteiger charge is 2.16. The number of benzene rings is 1. The van der Waals surface area contributed by atoms with Crippen LogP contribution < -0.4 is 5.73 Å². The van der Waals surface area contributed by atoms with Crippen LogP contribution in [0.15, 0.2) is 12.1 Å². The number of nitrogens with two attached hydrogens (primary N) is 1. The van der Waals surface area contributed by atoms with Gasteiger partial charge in [-0.3, -0.25) is 0 Å². The van der Waals surface area contributed by atoms with Crippen molar-refractivity contribution < 1.29 is 18.3 Å². The molecular formula is C13H12F2N2O2S. The average Bonchev–Trinajstić information content (AvgIpc) is 2.70. The van der Waals surface area contributed by atoms with E-state index in [1.54, 1.807) is 0 Å². The molecule has 106 valence electrons. The predicted molar refractivity (Wildman–Crippen MR) is 71.5 cm³/mol. The first-order valence-corrected chi connectivity index (χ1v) is 6.54. The molecule has 0 saturated heterocycles. The van der Waals surface area contributed by atoms with Gasteiger partial charge in [-0.15, -0.1) is 11.3 Å². The number of aromatic nitrogens is 1. The van der Waals surface area contributed by atoms with Gasteiger partial charge in [0.2, 0.25) is 0 Å². The second-order valence-corrected chi connectivity index (χ2v) is 5.47. The fourth-order valence-electron chi connectivity index (χ4n) is 1.54. The highest BCUT2D eigenvalue weighted by molar-refractivity contribution is 7.11. The van der Waals surface area contributed by atoms with Crippen LogP contribution in [0.1, 0.15) is 25.9 Å². The fraction of sp³-hybridized carbons (Fsp3) is 0.231. The Hall–Kier alpha value is -2.02. The molecule has 0 amide bonds. The Morgan fingerprint density at radius 2 is 2.00 bits per heavy atom. The Morgan fingerprint density at radius 3 is 2.60 bits per heavy atom. The molecule has 1 aromatic heterocycles. The van der Waals surface area contributed by atoms with Gasteiger partial charge in [0, 0.05) is 16.6 Å². The predicted octanol–water partition coefficient (Wildman–Crippen LogP) is 2.98. The topological polar surface area (TPSA) is 65.2 Å². The van der Waals surface area contributed by atoms with E-state index in [1.165, 1.54) is 11.3 Å². The van der Waals surface area contributed by atoms with Crippen molar-refractivity contribution in [3.63, 3.8) is 0 Å². The molecule has 2 aromatic rings. The number of nitrogens with zero attached hydrogens (tertiary/aromatic N) is 1. The standard InChI is InChI=1S/C13H12F2N2O2S/c1-6-7(2)20-12(17-6)5-19-13(18)8-3-9(14)10(15)4-11(8)16/h3-4H,5,16H2,1-2H3. The second-order valence-electron chi connectivity index (χ2n) is 4.18. The number of aryl methyl sites for hydroxylation is 2. The first-order chi connectivity index (χ1) is 9.38. The molecule has 0 aliphatic heterocycles. The third-order valence-corrected chi connectivity index (χ3v) is 3.76. The molecule has 7 heteroatoms. The molecule has 0 bridgehead atoms. The Labute approximate surface area is 118 Å². The number of carbonyl (C=O) groups excluding carboxylic acids is 1. The summed E-state index contributed by atoms with van der Waals surface area (Å²) in [6.07, 6.45) is 0. The lowest BCUT2D eigenvalue weighted by atomic mass is 10.1. The van der Waals surface area contributed by atoms with Gasteiger partial charge >= 0.3 is 5.97 Å². The lowest BCUT2D eigenvalue weighted by molar-refractivity contribution is 0.0473. The zero-order valence-electron chi connectivity index (χ0n) is 10.9. The molecule has 0 spiro atoms. The number of nitrogen functional groups attached to an aromatic ring is 1. The van der Waals surface area contributed by atoms with Crippen LogP contribution in [0.4, 0.5) is 14.5 Å². The van der Waals surface area contributed by atoms with Crippen molar-refractivity contribution in [3.8, 4) is 0 Å². The summed E-state index contributed by atoms with van der Waals surface area (Å²) in [4.78, 5) is 17.0. The van der Waals surface area contributed by atoms with Crippen molar-refractivity contribution >= 4 is 23.0 Å². The van der Waals surface area contributed by atoms with Crippen molar-refractivity contribution in [3.05, 3.63) is 44.9 Å². The quantitative estimate of drug-likeness (QED) is 0.699. The molecule has 0 atom stereocenters. The third kappa shape index (κ3) is 2.93. The molecule has 20 heavy (non-hydrogen) atoms. The van der Waals surface area contributed by atoms with Crippen molar-refractivity contribution in [2.75, 3.05) is 5.73 Å². The van der Waals surface area contributed by atoms with Gasteiger partial charge in [-0.25, -0.2) is 18.6 Å². The number of halogens is 2. The van der Waals surface area contributed by atoms with E-state index in [9.17, 15) is 13.6 Å². The minimum atomic E-state index is -1.15. The van der Waals surface area contributed by atoms with E-state index in [2.05, 4.69) is 4.98 Å². The van der Waals surface area contributed by atoms with E-state index in [0.717, 1.165) is 22.7 Å². The van der Waals surface area contributed by atoms with Crippen molar-refractivity contribution in [2.24, 2.45) is 0 Å². The van der Waals surface area contributed by atoms with Crippen molar-refractivity contribution in [1.29, 1.82) is 0 Å². The van der Waals surface area contributed by atoms with Crippen LogP contribution in [0.5, 0.6) is 0 Å². The average molecular weight is 298 g/mol. The molecule has 0 aliphatic carbocycles. The monoisotopic (exact) mass is 298 g/mol. The lowest BCUT2D eigenvalue weighted by Crippen LogP contribution is -2.09. The maximum Gasteiger partial charge on any atom is 0.340 e. The highest BCUT2D eigenvalue weighted by Crippen LogP contribution is 2.20. The van der Waals surface area contributed by atoms with E-state index in [4.69, 9.17) is 10.5 Å². The number of esters is 1. The van der Waals surface area contributed by atoms with E-state index < -0.39 is 17.6 Å². The van der Waals surface area contributed by atoms with Crippen LogP contribution in [-0.2, 0) is 11.3 Å². The second kappa shape index (κ2) is 5.54. The molecular weight excluding hydrogens is 286 g/mol. The minimum absolute atomic E-state index is 0.0311.